The Bertz CT molecular complexity index is 346. The van der Waals surface area contributed by atoms with Gasteiger partial charge in [-0.25, -0.2) is 4.98 Å². The van der Waals surface area contributed by atoms with Crippen molar-refractivity contribution in [3.63, 3.8) is 0 Å². The summed E-state index contributed by atoms with van der Waals surface area (Å²) in [5, 5.41) is 6.82. The van der Waals surface area contributed by atoms with Gasteiger partial charge in [0, 0.05) is 12.5 Å². The van der Waals surface area contributed by atoms with Crippen LogP contribution >= 0.6 is 11.3 Å². The standard InChI is InChI=1S/C13H22N2OS/c1-4-13(5-2,16-3)12-15-11(9-17-12)10-7-6-8-14-10/h9-10,14H,4-8H2,1-3H3/t10-/m1/s1. The Hall–Kier alpha value is -0.450. The van der Waals surface area contributed by atoms with Gasteiger partial charge in [0.15, 0.2) is 0 Å². The number of nitrogens with zero attached hydrogens (tertiary/aromatic N) is 1. The van der Waals surface area contributed by atoms with E-state index < -0.39 is 0 Å². The molecule has 1 atom stereocenters. The zero-order valence-corrected chi connectivity index (χ0v) is 11.8. The average Bonchev–Trinajstić information content (AvgIpc) is 3.03. The van der Waals surface area contributed by atoms with Crippen molar-refractivity contribution in [1.82, 2.24) is 10.3 Å². The molecule has 96 valence electrons. The first kappa shape index (κ1) is 13.0. The van der Waals surface area contributed by atoms with Gasteiger partial charge in [0.1, 0.15) is 10.6 Å². The van der Waals surface area contributed by atoms with Crippen molar-refractivity contribution in [2.24, 2.45) is 0 Å². The van der Waals surface area contributed by atoms with Crippen molar-refractivity contribution in [2.45, 2.75) is 51.2 Å². The lowest BCUT2D eigenvalue weighted by Crippen LogP contribution is -2.26. The van der Waals surface area contributed by atoms with E-state index in [0.29, 0.717) is 6.04 Å². The molecule has 3 nitrogen and oxygen atoms in total. The van der Waals surface area contributed by atoms with Crippen LogP contribution in [0, 0.1) is 0 Å². The first-order chi connectivity index (χ1) is 8.25. The Labute approximate surface area is 108 Å². The first-order valence-corrected chi connectivity index (χ1v) is 7.38. The number of rotatable bonds is 5. The molecule has 4 heteroatoms. The second-order valence-corrected chi connectivity index (χ2v) is 5.49. The van der Waals surface area contributed by atoms with Crippen LogP contribution in [-0.4, -0.2) is 18.6 Å². The molecule has 1 aromatic heterocycles. The molecule has 0 spiro atoms. The van der Waals surface area contributed by atoms with Gasteiger partial charge in [-0.05, 0) is 32.2 Å². The number of thiazole rings is 1. The van der Waals surface area contributed by atoms with Crippen LogP contribution in [0.25, 0.3) is 0 Å². The molecule has 2 rings (SSSR count). The van der Waals surface area contributed by atoms with E-state index in [2.05, 4.69) is 24.5 Å². The van der Waals surface area contributed by atoms with Gasteiger partial charge in [0.25, 0.3) is 0 Å². The topological polar surface area (TPSA) is 34.1 Å². The summed E-state index contributed by atoms with van der Waals surface area (Å²) in [6, 6.07) is 0.461. The average molecular weight is 254 g/mol. The molecule has 0 saturated carbocycles. The number of ether oxygens (including phenoxy) is 1. The second kappa shape index (κ2) is 5.46. The fourth-order valence-corrected chi connectivity index (χ4v) is 3.72. The highest BCUT2D eigenvalue weighted by Gasteiger charge is 2.32. The van der Waals surface area contributed by atoms with Gasteiger partial charge < -0.3 is 10.1 Å². The quantitative estimate of drug-likeness (QED) is 0.876. The minimum atomic E-state index is -0.179. The van der Waals surface area contributed by atoms with Crippen LogP contribution < -0.4 is 5.32 Å². The van der Waals surface area contributed by atoms with E-state index in [1.165, 1.54) is 18.5 Å². The summed E-state index contributed by atoms with van der Waals surface area (Å²) < 4.78 is 5.73. The van der Waals surface area contributed by atoms with E-state index in [1.54, 1.807) is 18.4 Å². The van der Waals surface area contributed by atoms with Gasteiger partial charge in [-0.2, -0.15) is 0 Å². The van der Waals surface area contributed by atoms with E-state index >= 15 is 0 Å². The van der Waals surface area contributed by atoms with Gasteiger partial charge in [0.2, 0.25) is 0 Å². The van der Waals surface area contributed by atoms with Gasteiger partial charge >= 0.3 is 0 Å². The van der Waals surface area contributed by atoms with Crippen LogP contribution in [0.15, 0.2) is 5.38 Å². The lowest BCUT2D eigenvalue weighted by Gasteiger charge is -2.27. The van der Waals surface area contributed by atoms with Gasteiger partial charge in [0.05, 0.1) is 11.7 Å². The molecule has 1 saturated heterocycles. The van der Waals surface area contributed by atoms with Crippen LogP contribution in [0.4, 0.5) is 0 Å². The first-order valence-electron chi connectivity index (χ1n) is 6.50. The van der Waals surface area contributed by atoms with E-state index in [4.69, 9.17) is 9.72 Å². The maximum absolute atomic E-state index is 5.73. The minimum Gasteiger partial charge on any atom is -0.371 e. The van der Waals surface area contributed by atoms with Crippen LogP contribution in [0.5, 0.6) is 0 Å². The van der Waals surface area contributed by atoms with Crippen LogP contribution in [0.3, 0.4) is 0 Å². The summed E-state index contributed by atoms with van der Waals surface area (Å²) in [6.07, 6.45) is 4.42. The Morgan fingerprint density at radius 1 is 1.53 bits per heavy atom. The van der Waals surface area contributed by atoms with Crippen molar-refractivity contribution in [3.8, 4) is 0 Å². The van der Waals surface area contributed by atoms with Gasteiger partial charge in [-0.1, -0.05) is 13.8 Å². The highest BCUT2D eigenvalue weighted by molar-refractivity contribution is 7.09. The Morgan fingerprint density at radius 3 is 2.82 bits per heavy atom. The normalized spacial score (nSPS) is 21.0. The van der Waals surface area contributed by atoms with Crippen molar-refractivity contribution in [3.05, 3.63) is 16.1 Å². The molecule has 17 heavy (non-hydrogen) atoms. The molecule has 1 aliphatic rings. The molecule has 0 aliphatic carbocycles. The molecule has 0 unspecified atom stereocenters. The third kappa shape index (κ3) is 2.39. The van der Waals surface area contributed by atoms with Crippen molar-refractivity contribution < 1.29 is 4.74 Å². The van der Waals surface area contributed by atoms with Crippen LogP contribution in [-0.2, 0) is 10.3 Å². The molecule has 0 amide bonds. The van der Waals surface area contributed by atoms with Gasteiger partial charge in [-0.3, -0.25) is 0 Å². The van der Waals surface area contributed by atoms with E-state index in [0.717, 1.165) is 24.4 Å². The Kier molecular flexibility index (Phi) is 4.17. The van der Waals surface area contributed by atoms with E-state index in [-0.39, 0.29) is 5.60 Å². The predicted octanol–water partition coefficient (Wildman–Crippen LogP) is 3.23. The van der Waals surface area contributed by atoms with E-state index in [1.807, 2.05) is 0 Å². The third-order valence-corrected chi connectivity index (χ3v) is 4.91. The molecular weight excluding hydrogens is 232 g/mol. The Balaban J connectivity index is 2.21. The van der Waals surface area contributed by atoms with Crippen LogP contribution in [0.1, 0.15) is 56.3 Å². The summed E-state index contributed by atoms with van der Waals surface area (Å²) in [4.78, 5) is 4.81. The fourth-order valence-electron chi connectivity index (χ4n) is 2.52. The number of nitrogens with one attached hydrogen (secondary N) is 1. The summed E-state index contributed by atoms with van der Waals surface area (Å²) >= 11 is 1.74. The molecule has 1 N–H and O–H groups in total. The third-order valence-electron chi connectivity index (χ3n) is 3.86. The summed E-state index contributed by atoms with van der Waals surface area (Å²) in [7, 11) is 1.79. The number of hydrogen-bond donors (Lipinski definition) is 1. The summed E-state index contributed by atoms with van der Waals surface area (Å²) in [6.45, 7) is 5.46. The smallest absolute Gasteiger partial charge is 0.125 e. The molecule has 0 radical (unpaired) electrons. The lowest BCUT2D eigenvalue weighted by molar-refractivity contribution is -0.0220. The maximum atomic E-state index is 5.73. The lowest BCUT2D eigenvalue weighted by atomic mass is 9.98. The Morgan fingerprint density at radius 2 is 2.29 bits per heavy atom. The van der Waals surface area contributed by atoms with Crippen molar-refractivity contribution >= 4 is 11.3 Å². The van der Waals surface area contributed by atoms with Gasteiger partial charge in [-0.15, -0.1) is 11.3 Å². The molecule has 2 heterocycles. The maximum Gasteiger partial charge on any atom is 0.125 e. The SMILES string of the molecule is CCC(CC)(OC)c1nc([C@H]2CCCN2)cs1. The fraction of sp³-hybridized carbons (Fsp3) is 0.769. The number of aromatic nitrogens is 1. The highest BCUT2D eigenvalue weighted by atomic mass is 32.1. The number of hydrogen-bond acceptors (Lipinski definition) is 4. The molecule has 0 bridgehead atoms. The molecule has 0 aromatic carbocycles. The van der Waals surface area contributed by atoms with Crippen LogP contribution in [0.2, 0.25) is 0 Å². The monoisotopic (exact) mass is 254 g/mol. The zero-order chi connectivity index (χ0) is 12.3. The van der Waals surface area contributed by atoms with E-state index in [9.17, 15) is 0 Å². The zero-order valence-electron chi connectivity index (χ0n) is 11.0. The second-order valence-electron chi connectivity index (χ2n) is 4.63. The number of methoxy groups -OCH3 is 1. The largest absolute Gasteiger partial charge is 0.371 e. The van der Waals surface area contributed by atoms with Crippen molar-refractivity contribution in [2.75, 3.05) is 13.7 Å². The minimum absolute atomic E-state index is 0.179. The molecule has 1 fully saturated rings. The molecular formula is C13H22N2OS. The van der Waals surface area contributed by atoms with Crippen molar-refractivity contribution in [1.29, 1.82) is 0 Å². The predicted molar refractivity (Wildman–Crippen MR) is 71.4 cm³/mol. The molecule has 1 aliphatic heterocycles. The molecule has 1 aromatic rings. The highest BCUT2D eigenvalue weighted by Crippen LogP contribution is 2.36. The summed E-state index contributed by atoms with van der Waals surface area (Å²) in [5.74, 6) is 0. The summed E-state index contributed by atoms with van der Waals surface area (Å²) in [5.41, 5.74) is 1.02.